The third-order valence-corrected chi connectivity index (χ3v) is 3.64. The molecule has 0 heterocycles. The molecule has 0 aromatic heterocycles. The molecule has 0 aliphatic carbocycles. The van der Waals surface area contributed by atoms with E-state index in [4.69, 9.17) is 4.74 Å². The second kappa shape index (κ2) is 9.19. The molecule has 0 bridgehead atoms. The van der Waals surface area contributed by atoms with Crippen LogP contribution in [0.3, 0.4) is 0 Å². The van der Waals surface area contributed by atoms with E-state index in [1.807, 2.05) is 37.3 Å². The van der Waals surface area contributed by atoms with E-state index >= 15 is 0 Å². The average molecular weight is 255 g/mol. The summed E-state index contributed by atoms with van der Waals surface area (Å²) >= 11 is 0. The van der Waals surface area contributed by atoms with Crippen molar-refractivity contribution in [3.8, 4) is 5.75 Å². The minimum atomic E-state index is -0.658. The maximum atomic E-state index is 11.1. The summed E-state index contributed by atoms with van der Waals surface area (Å²) in [6.07, 6.45) is 0.966. The van der Waals surface area contributed by atoms with Gasteiger partial charge in [-0.05, 0) is 25.1 Å². The van der Waals surface area contributed by atoms with Crippen LogP contribution in [-0.4, -0.2) is 35.4 Å². The minimum Gasteiger partial charge on any atom is -0.494 e. The number of nitrogens with one attached hydrogen (secondary N) is 1. The van der Waals surface area contributed by atoms with Gasteiger partial charge in [-0.3, -0.25) is 4.21 Å². The Labute approximate surface area is 106 Å². The predicted octanol–water partition coefficient (Wildman–Crippen LogP) is 1.81. The van der Waals surface area contributed by atoms with Crippen molar-refractivity contribution in [3.05, 3.63) is 30.3 Å². The van der Waals surface area contributed by atoms with Crippen LogP contribution in [0.1, 0.15) is 13.3 Å². The van der Waals surface area contributed by atoms with Crippen LogP contribution in [0.5, 0.6) is 5.75 Å². The van der Waals surface area contributed by atoms with Crippen molar-refractivity contribution in [2.75, 3.05) is 31.2 Å². The number of hydrogen-bond donors (Lipinski definition) is 1. The molecule has 0 saturated heterocycles. The lowest BCUT2D eigenvalue weighted by Crippen LogP contribution is -2.23. The van der Waals surface area contributed by atoms with Crippen molar-refractivity contribution in [1.82, 2.24) is 5.32 Å². The number of ether oxygens (including phenoxy) is 1. The second-order valence-corrected chi connectivity index (χ2v) is 5.56. The van der Waals surface area contributed by atoms with E-state index in [9.17, 15) is 4.21 Å². The van der Waals surface area contributed by atoms with Crippen molar-refractivity contribution in [2.24, 2.45) is 0 Å². The Morgan fingerprint density at radius 2 is 2.00 bits per heavy atom. The molecule has 1 N–H and O–H groups in total. The Bertz CT molecular complexity index is 316. The molecule has 17 heavy (non-hydrogen) atoms. The summed E-state index contributed by atoms with van der Waals surface area (Å²) in [6, 6.07) is 9.82. The van der Waals surface area contributed by atoms with Gasteiger partial charge in [0.15, 0.2) is 0 Å². The largest absolute Gasteiger partial charge is 0.494 e. The Kier molecular flexibility index (Phi) is 7.67. The first kappa shape index (κ1) is 14.2. The van der Waals surface area contributed by atoms with Crippen molar-refractivity contribution in [2.45, 2.75) is 13.3 Å². The van der Waals surface area contributed by atoms with Gasteiger partial charge in [0.25, 0.3) is 0 Å². The van der Waals surface area contributed by atoms with E-state index in [-0.39, 0.29) is 0 Å². The topological polar surface area (TPSA) is 38.3 Å². The highest BCUT2D eigenvalue weighted by Crippen LogP contribution is 2.07. The molecule has 0 saturated carbocycles. The van der Waals surface area contributed by atoms with Gasteiger partial charge in [-0.2, -0.15) is 0 Å². The Morgan fingerprint density at radius 3 is 2.71 bits per heavy atom. The van der Waals surface area contributed by atoms with Crippen LogP contribution < -0.4 is 10.1 Å². The lowest BCUT2D eigenvalue weighted by atomic mass is 10.3. The molecule has 0 spiro atoms. The van der Waals surface area contributed by atoms with Crippen LogP contribution in [0.15, 0.2) is 30.3 Å². The van der Waals surface area contributed by atoms with E-state index in [2.05, 4.69) is 5.32 Å². The summed E-state index contributed by atoms with van der Waals surface area (Å²) in [7, 11) is -0.658. The highest BCUT2D eigenvalue weighted by molar-refractivity contribution is 7.84. The summed E-state index contributed by atoms with van der Waals surface area (Å²) in [5.74, 6) is 2.41. The normalized spacial score (nSPS) is 12.3. The van der Waals surface area contributed by atoms with E-state index in [0.29, 0.717) is 6.61 Å². The molecule has 4 heteroatoms. The molecule has 0 fully saturated rings. The molecule has 0 aliphatic heterocycles. The Hall–Kier alpha value is -0.870. The standard InChI is InChI=1S/C13H21NO2S/c1-2-17(15)12-10-14-9-6-11-16-13-7-4-3-5-8-13/h3-5,7-8,14H,2,6,9-12H2,1H3. The Balaban J connectivity index is 1.93. The fraction of sp³-hybridized carbons (Fsp3) is 0.538. The van der Waals surface area contributed by atoms with Gasteiger partial charge in [-0.1, -0.05) is 25.1 Å². The van der Waals surface area contributed by atoms with Gasteiger partial charge in [0.1, 0.15) is 5.75 Å². The lowest BCUT2D eigenvalue weighted by molar-refractivity contribution is 0.309. The zero-order valence-corrected chi connectivity index (χ0v) is 11.2. The van der Waals surface area contributed by atoms with Crippen LogP contribution in [0.4, 0.5) is 0 Å². The summed E-state index contributed by atoms with van der Waals surface area (Å²) in [4.78, 5) is 0. The minimum absolute atomic E-state index is 0.658. The van der Waals surface area contributed by atoms with Crippen molar-refractivity contribution >= 4 is 10.8 Å². The molecule has 1 atom stereocenters. The number of rotatable bonds is 9. The van der Waals surface area contributed by atoms with Gasteiger partial charge in [0.05, 0.1) is 6.61 Å². The number of benzene rings is 1. The SMILES string of the molecule is CCS(=O)CCNCCCOc1ccccc1. The highest BCUT2D eigenvalue weighted by Gasteiger charge is 1.95. The molecule has 0 amide bonds. The van der Waals surface area contributed by atoms with Gasteiger partial charge in [-0.25, -0.2) is 0 Å². The predicted molar refractivity (Wildman–Crippen MR) is 73.0 cm³/mol. The quantitative estimate of drug-likeness (QED) is 0.684. The fourth-order valence-electron chi connectivity index (χ4n) is 1.36. The summed E-state index contributed by atoms with van der Waals surface area (Å²) < 4.78 is 16.7. The molecule has 1 rings (SSSR count). The van der Waals surface area contributed by atoms with Gasteiger partial charge >= 0.3 is 0 Å². The van der Waals surface area contributed by atoms with Gasteiger partial charge < -0.3 is 10.1 Å². The van der Waals surface area contributed by atoms with Crippen molar-refractivity contribution in [3.63, 3.8) is 0 Å². The van der Waals surface area contributed by atoms with E-state index in [0.717, 1.165) is 36.8 Å². The molecule has 1 unspecified atom stereocenters. The van der Waals surface area contributed by atoms with E-state index in [1.54, 1.807) is 0 Å². The smallest absolute Gasteiger partial charge is 0.119 e. The summed E-state index contributed by atoms with van der Waals surface area (Å²) in [6.45, 7) is 4.40. The molecule has 1 aromatic rings. The monoisotopic (exact) mass is 255 g/mol. The van der Waals surface area contributed by atoms with E-state index in [1.165, 1.54) is 0 Å². The van der Waals surface area contributed by atoms with Crippen LogP contribution in [0.2, 0.25) is 0 Å². The number of hydrogen-bond acceptors (Lipinski definition) is 3. The zero-order valence-electron chi connectivity index (χ0n) is 10.4. The third kappa shape index (κ3) is 7.13. The maximum Gasteiger partial charge on any atom is 0.119 e. The molecular weight excluding hydrogens is 234 g/mol. The van der Waals surface area contributed by atoms with Gasteiger partial charge in [-0.15, -0.1) is 0 Å². The van der Waals surface area contributed by atoms with Crippen LogP contribution in [0.25, 0.3) is 0 Å². The first-order chi connectivity index (χ1) is 8.33. The number of para-hydroxylation sites is 1. The van der Waals surface area contributed by atoms with E-state index < -0.39 is 10.8 Å². The highest BCUT2D eigenvalue weighted by atomic mass is 32.2. The van der Waals surface area contributed by atoms with Crippen LogP contribution in [0, 0.1) is 0 Å². The first-order valence-electron chi connectivity index (χ1n) is 6.06. The molecule has 1 aromatic carbocycles. The zero-order chi connectivity index (χ0) is 12.3. The first-order valence-corrected chi connectivity index (χ1v) is 7.55. The van der Waals surface area contributed by atoms with Gasteiger partial charge in [0, 0.05) is 28.9 Å². The Morgan fingerprint density at radius 1 is 1.24 bits per heavy atom. The lowest BCUT2D eigenvalue weighted by Gasteiger charge is -2.06. The fourth-order valence-corrected chi connectivity index (χ4v) is 2.02. The van der Waals surface area contributed by atoms with Crippen LogP contribution in [-0.2, 0) is 10.8 Å². The van der Waals surface area contributed by atoms with Crippen molar-refractivity contribution in [1.29, 1.82) is 0 Å². The van der Waals surface area contributed by atoms with Crippen LogP contribution >= 0.6 is 0 Å². The van der Waals surface area contributed by atoms with Crippen molar-refractivity contribution < 1.29 is 8.95 Å². The molecule has 96 valence electrons. The molecule has 0 radical (unpaired) electrons. The molecule has 0 aliphatic rings. The second-order valence-electron chi connectivity index (χ2n) is 3.70. The average Bonchev–Trinajstić information content (AvgIpc) is 2.38. The third-order valence-electron chi connectivity index (χ3n) is 2.34. The summed E-state index contributed by atoms with van der Waals surface area (Å²) in [5.41, 5.74) is 0. The maximum absolute atomic E-state index is 11.1. The van der Waals surface area contributed by atoms with Gasteiger partial charge in [0.2, 0.25) is 0 Å². The molecule has 3 nitrogen and oxygen atoms in total. The molecular formula is C13H21NO2S. The summed E-state index contributed by atoms with van der Waals surface area (Å²) in [5, 5.41) is 3.26.